The first-order chi connectivity index (χ1) is 15.0. The van der Waals surface area contributed by atoms with Crippen LogP contribution in [0.1, 0.15) is 24.4 Å². The monoisotopic (exact) mass is 424 g/mol. The van der Waals surface area contributed by atoms with E-state index in [-0.39, 0.29) is 18.0 Å². The molecule has 2 amide bonds. The van der Waals surface area contributed by atoms with Crippen LogP contribution in [0.2, 0.25) is 0 Å². The molecule has 1 aromatic heterocycles. The summed E-state index contributed by atoms with van der Waals surface area (Å²) in [5.41, 5.74) is 0.616. The summed E-state index contributed by atoms with van der Waals surface area (Å²) in [6, 6.07) is 12.8. The van der Waals surface area contributed by atoms with Crippen molar-refractivity contribution in [3.63, 3.8) is 0 Å². The number of nitrogens with zero attached hydrogens (tertiary/aromatic N) is 3. The smallest absolute Gasteiger partial charge is 0.318 e. The van der Waals surface area contributed by atoms with Crippen molar-refractivity contribution in [2.45, 2.75) is 19.1 Å². The SMILES string of the molecule is CCN(CC1COc2ccccc2O1)C(=O)NC(c1cccc(F)c1)c1nccn1C. The molecule has 0 saturated heterocycles. The third-order valence-corrected chi connectivity index (χ3v) is 5.23. The minimum absolute atomic E-state index is 0.290. The summed E-state index contributed by atoms with van der Waals surface area (Å²) < 4.78 is 27.4. The molecule has 1 aliphatic rings. The van der Waals surface area contributed by atoms with Crippen molar-refractivity contribution in [3.8, 4) is 11.5 Å². The molecule has 3 aromatic rings. The van der Waals surface area contributed by atoms with Crippen LogP contribution in [0.4, 0.5) is 9.18 Å². The van der Waals surface area contributed by atoms with Gasteiger partial charge in [0.2, 0.25) is 0 Å². The van der Waals surface area contributed by atoms with Gasteiger partial charge in [0.25, 0.3) is 0 Å². The molecule has 2 aromatic carbocycles. The van der Waals surface area contributed by atoms with Gasteiger partial charge in [-0.3, -0.25) is 0 Å². The molecule has 1 aliphatic heterocycles. The van der Waals surface area contributed by atoms with Gasteiger partial charge in [0.05, 0.1) is 6.54 Å². The fourth-order valence-electron chi connectivity index (χ4n) is 3.61. The number of amides is 2. The largest absolute Gasteiger partial charge is 0.486 e. The number of carbonyl (C=O) groups excluding carboxylic acids is 1. The Bertz CT molecular complexity index is 1050. The highest BCUT2D eigenvalue weighted by molar-refractivity contribution is 5.75. The van der Waals surface area contributed by atoms with Gasteiger partial charge in [-0.1, -0.05) is 24.3 Å². The number of hydrogen-bond acceptors (Lipinski definition) is 4. The second-order valence-electron chi connectivity index (χ2n) is 7.37. The summed E-state index contributed by atoms with van der Waals surface area (Å²) in [6.07, 6.45) is 3.15. The normalized spacial score (nSPS) is 15.9. The molecule has 8 heteroatoms. The highest BCUT2D eigenvalue weighted by Crippen LogP contribution is 2.31. The number of benzene rings is 2. The highest BCUT2D eigenvalue weighted by Gasteiger charge is 2.27. The fourth-order valence-corrected chi connectivity index (χ4v) is 3.61. The van der Waals surface area contributed by atoms with E-state index in [1.807, 2.05) is 38.2 Å². The standard InChI is InChI=1S/C23H25FN4O3/c1-3-28(14-18-15-30-19-9-4-5-10-20(19)31-18)23(29)26-21(22-25-11-12-27(22)2)16-7-6-8-17(24)13-16/h4-13,18,21H,3,14-15H2,1-2H3,(H,26,29). The van der Waals surface area contributed by atoms with Crippen LogP contribution in [0.15, 0.2) is 60.9 Å². The summed E-state index contributed by atoms with van der Waals surface area (Å²) in [5.74, 6) is 1.61. The van der Waals surface area contributed by atoms with E-state index in [9.17, 15) is 9.18 Å². The number of likely N-dealkylation sites (N-methyl/N-ethyl adjacent to an activating group) is 1. The van der Waals surface area contributed by atoms with Gasteiger partial charge in [-0.25, -0.2) is 14.2 Å². The molecule has 0 aliphatic carbocycles. The van der Waals surface area contributed by atoms with E-state index in [0.717, 1.165) is 0 Å². The van der Waals surface area contributed by atoms with E-state index >= 15 is 0 Å². The molecule has 0 saturated carbocycles. The van der Waals surface area contributed by atoms with Gasteiger partial charge in [-0.15, -0.1) is 0 Å². The number of urea groups is 1. The van der Waals surface area contributed by atoms with Crippen LogP contribution in [-0.4, -0.2) is 46.3 Å². The third-order valence-electron chi connectivity index (χ3n) is 5.23. The zero-order valence-electron chi connectivity index (χ0n) is 17.5. The van der Waals surface area contributed by atoms with Crippen molar-refractivity contribution in [2.24, 2.45) is 7.05 Å². The molecule has 1 N–H and O–H groups in total. The molecular formula is C23H25FN4O3. The molecule has 7 nitrogen and oxygen atoms in total. The van der Waals surface area contributed by atoms with E-state index in [1.54, 1.807) is 34.0 Å². The van der Waals surface area contributed by atoms with Crippen LogP contribution < -0.4 is 14.8 Å². The molecule has 0 bridgehead atoms. The first-order valence-corrected chi connectivity index (χ1v) is 10.2. The second-order valence-corrected chi connectivity index (χ2v) is 7.37. The van der Waals surface area contributed by atoms with Crippen molar-refractivity contribution >= 4 is 6.03 Å². The lowest BCUT2D eigenvalue weighted by atomic mass is 10.1. The molecular weight excluding hydrogens is 399 g/mol. The van der Waals surface area contributed by atoms with E-state index in [4.69, 9.17) is 9.47 Å². The number of halogens is 1. The number of ether oxygens (including phenoxy) is 2. The number of carbonyl (C=O) groups is 1. The maximum Gasteiger partial charge on any atom is 0.318 e. The minimum atomic E-state index is -0.596. The summed E-state index contributed by atoms with van der Waals surface area (Å²) in [6.45, 7) is 3.08. The molecule has 162 valence electrons. The summed E-state index contributed by atoms with van der Waals surface area (Å²) in [7, 11) is 1.84. The molecule has 4 rings (SSSR count). The van der Waals surface area contributed by atoms with Crippen molar-refractivity contribution < 1.29 is 18.7 Å². The van der Waals surface area contributed by atoms with E-state index < -0.39 is 6.04 Å². The van der Waals surface area contributed by atoms with Crippen LogP contribution in [0.25, 0.3) is 0 Å². The molecule has 2 unspecified atom stereocenters. The van der Waals surface area contributed by atoms with Gasteiger partial charge in [-0.2, -0.15) is 0 Å². The lowest BCUT2D eigenvalue weighted by molar-refractivity contribution is 0.0672. The van der Waals surface area contributed by atoms with Crippen LogP contribution in [-0.2, 0) is 7.05 Å². The molecule has 0 fully saturated rings. The molecule has 0 spiro atoms. The van der Waals surface area contributed by atoms with Gasteiger partial charge in [-0.05, 0) is 36.8 Å². The van der Waals surface area contributed by atoms with E-state index in [1.165, 1.54) is 12.1 Å². The predicted molar refractivity (Wildman–Crippen MR) is 114 cm³/mol. The number of rotatable bonds is 6. The minimum Gasteiger partial charge on any atom is -0.486 e. The van der Waals surface area contributed by atoms with Crippen LogP contribution >= 0.6 is 0 Å². The van der Waals surface area contributed by atoms with E-state index in [2.05, 4.69) is 10.3 Å². The Labute approximate surface area is 180 Å². The van der Waals surface area contributed by atoms with Crippen LogP contribution in [0, 0.1) is 5.82 Å². The first kappa shape index (κ1) is 20.7. The van der Waals surface area contributed by atoms with Gasteiger partial charge < -0.3 is 24.3 Å². The molecule has 2 heterocycles. The number of imidazole rings is 1. The zero-order chi connectivity index (χ0) is 21.8. The molecule has 31 heavy (non-hydrogen) atoms. The molecule has 0 radical (unpaired) electrons. The van der Waals surface area contributed by atoms with Crippen LogP contribution in [0.5, 0.6) is 11.5 Å². The Morgan fingerprint density at radius 3 is 2.81 bits per heavy atom. The fraction of sp³-hybridized carbons (Fsp3) is 0.304. The van der Waals surface area contributed by atoms with Gasteiger partial charge >= 0.3 is 6.03 Å². The zero-order valence-corrected chi connectivity index (χ0v) is 17.5. The van der Waals surface area contributed by atoms with Crippen molar-refractivity contribution in [2.75, 3.05) is 19.7 Å². The third kappa shape index (κ3) is 4.63. The number of aryl methyl sites for hydroxylation is 1. The Morgan fingerprint density at radius 2 is 2.10 bits per heavy atom. The average molecular weight is 424 g/mol. The average Bonchev–Trinajstić information content (AvgIpc) is 3.21. The number of fused-ring (bicyclic) bond motifs is 1. The summed E-state index contributed by atoms with van der Waals surface area (Å²) in [5, 5.41) is 3.00. The Kier molecular flexibility index (Phi) is 6.06. The first-order valence-electron chi connectivity index (χ1n) is 10.2. The van der Waals surface area contributed by atoms with Gasteiger partial charge in [0.15, 0.2) is 17.6 Å². The highest BCUT2D eigenvalue weighted by atomic mass is 19.1. The van der Waals surface area contributed by atoms with Crippen molar-refractivity contribution in [1.82, 2.24) is 19.8 Å². The Hall–Kier alpha value is -3.55. The van der Waals surface area contributed by atoms with E-state index in [0.29, 0.717) is 42.6 Å². The lowest BCUT2D eigenvalue weighted by Crippen LogP contribution is -2.48. The Morgan fingerprint density at radius 1 is 1.29 bits per heavy atom. The lowest BCUT2D eigenvalue weighted by Gasteiger charge is -2.32. The van der Waals surface area contributed by atoms with Gasteiger partial charge in [0, 0.05) is 26.0 Å². The predicted octanol–water partition coefficient (Wildman–Crippen LogP) is 3.52. The van der Waals surface area contributed by atoms with Crippen LogP contribution in [0.3, 0.4) is 0 Å². The molecule has 2 atom stereocenters. The number of aromatic nitrogens is 2. The Balaban J connectivity index is 1.50. The van der Waals surface area contributed by atoms with Gasteiger partial charge in [0.1, 0.15) is 24.3 Å². The van der Waals surface area contributed by atoms with Crippen molar-refractivity contribution in [3.05, 3.63) is 78.1 Å². The number of para-hydroxylation sites is 2. The topological polar surface area (TPSA) is 68.6 Å². The maximum atomic E-state index is 13.9. The number of hydrogen-bond donors (Lipinski definition) is 1. The second kappa shape index (κ2) is 9.07. The summed E-state index contributed by atoms with van der Waals surface area (Å²) in [4.78, 5) is 19.2. The number of nitrogens with one attached hydrogen (secondary N) is 1. The van der Waals surface area contributed by atoms with Crippen molar-refractivity contribution in [1.29, 1.82) is 0 Å². The summed E-state index contributed by atoms with van der Waals surface area (Å²) >= 11 is 0. The maximum absolute atomic E-state index is 13.9. The quantitative estimate of drug-likeness (QED) is 0.658.